The van der Waals surface area contributed by atoms with Crippen molar-refractivity contribution in [3.05, 3.63) is 65.7 Å². The van der Waals surface area contributed by atoms with Gasteiger partial charge >= 0.3 is 11.9 Å². The van der Waals surface area contributed by atoms with Crippen LogP contribution in [0.5, 0.6) is 11.5 Å². The minimum Gasteiger partial charge on any atom is -0.494 e. The van der Waals surface area contributed by atoms with Crippen molar-refractivity contribution in [3.8, 4) is 11.5 Å². The Labute approximate surface area is 223 Å². The molecule has 0 radical (unpaired) electrons. The van der Waals surface area contributed by atoms with Gasteiger partial charge in [-0.2, -0.15) is 0 Å². The van der Waals surface area contributed by atoms with Crippen LogP contribution in [0.3, 0.4) is 0 Å². The molecular weight excluding hydrogens is 464 g/mol. The number of carbonyl (C=O) groups excluding carboxylic acids is 2. The Morgan fingerprint density at radius 3 is 2.00 bits per heavy atom. The molecule has 0 unspecified atom stereocenters. The minimum atomic E-state index is -0.428. The van der Waals surface area contributed by atoms with Crippen LogP contribution in [0.2, 0.25) is 0 Å². The van der Waals surface area contributed by atoms with E-state index >= 15 is 0 Å². The molecular formula is C32H44O5. The van der Waals surface area contributed by atoms with E-state index in [1.807, 2.05) is 6.92 Å². The first kappa shape index (κ1) is 30.1. The Kier molecular flexibility index (Phi) is 14.8. The van der Waals surface area contributed by atoms with Gasteiger partial charge in [-0.3, -0.25) is 0 Å². The normalized spacial score (nSPS) is 11.9. The predicted molar refractivity (Wildman–Crippen MR) is 150 cm³/mol. The van der Waals surface area contributed by atoms with Crippen LogP contribution in [-0.4, -0.2) is 25.2 Å². The third kappa shape index (κ3) is 13.2. The van der Waals surface area contributed by atoms with Gasteiger partial charge in [0.05, 0.1) is 18.8 Å². The predicted octanol–water partition coefficient (Wildman–Crippen LogP) is 8.42. The quantitative estimate of drug-likeness (QED) is 0.0875. The molecule has 0 aliphatic carbocycles. The van der Waals surface area contributed by atoms with Crippen LogP contribution in [0.1, 0.15) is 101 Å². The molecule has 0 amide bonds. The lowest BCUT2D eigenvalue weighted by Gasteiger charge is -2.08. The highest BCUT2D eigenvalue weighted by molar-refractivity contribution is 5.91. The number of hydrogen-bond acceptors (Lipinski definition) is 5. The molecule has 0 saturated carbocycles. The number of carbonyl (C=O) groups is 2. The summed E-state index contributed by atoms with van der Waals surface area (Å²) in [6, 6.07) is 14.0. The lowest BCUT2D eigenvalue weighted by Crippen LogP contribution is -2.09. The molecule has 2 rings (SSSR count). The highest BCUT2D eigenvalue weighted by Crippen LogP contribution is 2.18. The zero-order valence-corrected chi connectivity index (χ0v) is 22.9. The summed E-state index contributed by atoms with van der Waals surface area (Å²) in [7, 11) is 0. The maximum atomic E-state index is 12.5. The first-order valence-corrected chi connectivity index (χ1v) is 13.9. The average Bonchev–Trinajstić information content (AvgIpc) is 2.92. The lowest BCUT2D eigenvalue weighted by atomic mass is 10.1. The van der Waals surface area contributed by atoms with Crippen molar-refractivity contribution >= 4 is 18.0 Å². The van der Waals surface area contributed by atoms with Gasteiger partial charge in [-0.15, -0.1) is 0 Å². The summed E-state index contributed by atoms with van der Waals surface area (Å²) in [5, 5.41) is 0. The molecule has 0 aliphatic heterocycles. The molecule has 37 heavy (non-hydrogen) atoms. The van der Waals surface area contributed by atoms with Gasteiger partial charge in [0.1, 0.15) is 11.5 Å². The number of hydrogen-bond donors (Lipinski definition) is 0. The van der Waals surface area contributed by atoms with Crippen LogP contribution in [0.4, 0.5) is 0 Å². The molecule has 0 spiro atoms. The standard InChI is InChI=1S/C32H44O5/c1-4-6-7-8-9-10-11-12-13-24-35-29-21-17-28(18-22-29)32(34)37-30-19-14-27(15-20-30)16-23-31(33)36-25-26(3)5-2/h14-23,26H,4-13,24-25H2,1-3H3/t26-/m0/s1. The molecule has 202 valence electrons. The van der Waals surface area contributed by atoms with E-state index in [1.165, 1.54) is 57.4 Å². The van der Waals surface area contributed by atoms with E-state index < -0.39 is 5.97 Å². The Morgan fingerprint density at radius 1 is 0.784 bits per heavy atom. The zero-order chi connectivity index (χ0) is 26.7. The Hall–Kier alpha value is -3.08. The van der Waals surface area contributed by atoms with E-state index in [0.29, 0.717) is 30.4 Å². The number of benzene rings is 2. The van der Waals surface area contributed by atoms with E-state index in [2.05, 4.69) is 13.8 Å². The van der Waals surface area contributed by atoms with Gasteiger partial charge in [0.2, 0.25) is 0 Å². The van der Waals surface area contributed by atoms with E-state index in [1.54, 1.807) is 54.6 Å². The molecule has 0 N–H and O–H groups in total. The number of esters is 2. The fourth-order valence-corrected chi connectivity index (χ4v) is 3.66. The highest BCUT2D eigenvalue weighted by atomic mass is 16.5. The molecule has 0 aliphatic rings. The first-order valence-electron chi connectivity index (χ1n) is 13.9. The van der Waals surface area contributed by atoms with E-state index in [-0.39, 0.29) is 5.97 Å². The number of ether oxygens (including phenoxy) is 3. The summed E-state index contributed by atoms with van der Waals surface area (Å²) in [4.78, 5) is 24.3. The molecule has 5 nitrogen and oxygen atoms in total. The van der Waals surface area contributed by atoms with Crippen molar-refractivity contribution in [1.82, 2.24) is 0 Å². The Bertz CT molecular complexity index is 931. The number of unbranched alkanes of at least 4 members (excludes halogenated alkanes) is 8. The average molecular weight is 509 g/mol. The van der Waals surface area contributed by atoms with Crippen LogP contribution in [0.25, 0.3) is 6.08 Å². The second-order valence-electron chi connectivity index (χ2n) is 9.64. The molecule has 0 aromatic heterocycles. The second kappa shape index (κ2) is 18.2. The van der Waals surface area contributed by atoms with E-state index in [9.17, 15) is 9.59 Å². The van der Waals surface area contributed by atoms with Crippen molar-refractivity contribution in [2.24, 2.45) is 5.92 Å². The summed E-state index contributed by atoms with van der Waals surface area (Å²) in [5.74, 6) is 0.750. The molecule has 0 saturated heterocycles. The summed E-state index contributed by atoms with van der Waals surface area (Å²) < 4.78 is 16.5. The van der Waals surface area contributed by atoms with Crippen molar-refractivity contribution in [1.29, 1.82) is 0 Å². The van der Waals surface area contributed by atoms with Crippen LogP contribution in [-0.2, 0) is 9.53 Å². The molecule has 0 bridgehead atoms. The fraction of sp³-hybridized carbons (Fsp3) is 0.500. The monoisotopic (exact) mass is 508 g/mol. The molecule has 2 aromatic carbocycles. The summed E-state index contributed by atoms with van der Waals surface area (Å²) in [6.45, 7) is 7.46. The smallest absolute Gasteiger partial charge is 0.343 e. The van der Waals surface area contributed by atoms with Crippen LogP contribution in [0, 0.1) is 5.92 Å². The summed E-state index contributed by atoms with van der Waals surface area (Å²) in [5.41, 5.74) is 1.28. The van der Waals surface area contributed by atoms with Gasteiger partial charge in [-0.25, -0.2) is 9.59 Å². The van der Waals surface area contributed by atoms with Crippen molar-refractivity contribution in [3.63, 3.8) is 0 Å². The van der Waals surface area contributed by atoms with Gasteiger partial charge in [-0.05, 0) is 60.4 Å². The maximum absolute atomic E-state index is 12.5. The van der Waals surface area contributed by atoms with Gasteiger partial charge in [0.25, 0.3) is 0 Å². The van der Waals surface area contributed by atoms with Gasteiger partial charge < -0.3 is 14.2 Å². The van der Waals surface area contributed by atoms with Gasteiger partial charge in [-0.1, -0.05) is 90.7 Å². The summed E-state index contributed by atoms with van der Waals surface area (Å²) >= 11 is 0. The van der Waals surface area contributed by atoms with E-state index in [4.69, 9.17) is 14.2 Å². The van der Waals surface area contributed by atoms with Crippen molar-refractivity contribution < 1.29 is 23.8 Å². The fourth-order valence-electron chi connectivity index (χ4n) is 3.66. The van der Waals surface area contributed by atoms with E-state index in [0.717, 1.165) is 24.2 Å². The SMILES string of the molecule is CCCCCCCCCCCOc1ccc(C(=O)Oc2ccc(C=CC(=O)OC[C@@H](C)CC)cc2)cc1. The van der Waals surface area contributed by atoms with Crippen molar-refractivity contribution in [2.75, 3.05) is 13.2 Å². The minimum absolute atomic E-state index is 0.347. The third-order valence-corrected chi connectivity index (χ3v) is 6.32. The Balaban J connectivity index is 1.67. The molecule has 2 aromatic rings. The molecule has 5 heteroatoms. The maximum Gasteiger partial charge on any atom is 0.343 e. The third-order valence-electron chi connectivity index (χ3n) is 6.32. The van der Waals surface area contributed by atoms with Crippen molar-refractivity contribution in [2.45, 2.75) is 85.0 Å². The molecule has 0 fully saturated rings. The highest BCUT2D eigenvalue weighted by Gasteiger charge is 2.09. The first-order chi connectivity index (χ1) is 18.0. The van der Waals surface area contributed by atoms with Crippen LogP contribution >= 0.6 is 0 Å². The van der Waals surface area contributed by atoms with Gasteiger partial charge in [0, 0.05) is 6.08 Å². The molecule has 0 heterocycles. The Morgan fingerprint density at radius 2 is 1.38 bits per heavy atom. The molecule has 1 atom stereocenters. The van der Waals surface area contributed by atoms with Gasteiger partial charge in [0.15, 0.2) is 0 Å². The largest absolute Gasteiger partial charge is 0.494 e. The zero-order valence-electron chi connectivity index (χ0n) is 22.9. The lowest BCUT2D eigenvalue weighted by molar-refractivity contribution is -0.138. The number of rotatable bonds is 18. The topological polar surface area (TPSA) is 61.8 Å². The van der Waals surface area contributed by atoms with Crippen LogP contribution < -0.4 is 9.47 Å². The second-order valence-corrected chi connectivity index (χ2v) is 9.64. The van der Waals surface area contributed by atoms with Crippen LogP contribution in [0.15, 0.2) is 54.6 Å². The summed E-state index contributed by atoms with van der Waals surface area (Å²) in [6.07, 6.45) is 15.6.